The van der Waals surface area contributed by atoms with Gasteiger partial charge in [-0.05, 0) is 94.2 Å². The molecule has 3 N–H and O–H groups in total. The molecule has 5 rings (SSSR count). The predicted octanol–water partition coefficient (Wildman–Crippen LogP) is 5.57. The van der Waals surface area contributed by atoms with E-state index in [1.165, 1.54) is 22.3 Å². The lowest BCUT2D eigenvalue weighted by Gasteiger charge is -2.26. The highest BCUT2D eigenvalue weighted by molar-refractivity contribution is 5.92. The molecule has 3 heterocycles. The van der Waals surface area contributed by atoms with E-state index < -0.39 is 0 Å². The Balaban J connectivity index is 1.26. The van der Waals surface area contributed by atoms with Gasteiger partial charge in [-0.2, -0.15) is 5.10 Å². The monoisotopic (exact) mass is 640 g/mol. The molecule has 0 aliphatic carbocycles. The van der Waals surface area contributed by atoms with E-state index in [2.05, 4.69) is 115 Å². The van der Waals surface area contributed by atoms with Crippen LogP contribution in [0.1, 0.15) is 54.6 Å². The molecule has 1 aliphatic heterocycles. The van der Waals surface area contributed by atoms with Crippen LogP contribution in [0.25, 0.3) is 22.2 Å². The number of fused-ring (bicyclic) bond motifs is 1. The van der Waals surface area contributed by atoms with Gasteiger partial charge < -0.3 is 30.5 Å². The Morgan fingerprint density at radius 1 is 1.00 bits per heavy atom. The summed E-state index contributed by atoms with van der Waals surface area (Å²) in [5, 5.41) is 15.6. The van der Waals surface area contributed by atoms with Crippen LogP contribution in [0.3, 0.4) is 0 Å². The van der Waals surface area contributed by atoms with Crippen LogP contribution in [0.2, 0.25) is 0 Å². The van der Waals surface area contributed by atoms with Crippen LogP contribution in [0.15, 0.2) is 48.7 Å². The fourth-order valence-corrected chi connectivity index (χ4v) is 6.20. The first-order valence-corrected chi connectivity index (χ1v) is 17.0. The summed E-state index contributed by atoms with van der Waals surface area (Å²) in [7, 11) is 6.38. The number of nitrogens with one attached hydrogen (secondary N) is 3. The third-order valence-electron chi connectivity index (χ3n) is 8.98. The second-order valence-electron chi connectivity index (χ2n) is 12.9. The minimum absolute atomic E-state index is 0.210. The molecular weight excluding hydrogens is 588 g/mol. The van der Waals surface area contributed by atoms with Gasteiger partial charge in [0.05, 0.1) is 17.3 Å². The predicted molar refractivity (Wildman–Crippen MR) is 191 cm³/mol. The van der Waals surface area contributed by atoms with Crippen molar-refractivity contribution in [2.45, 2.75) is 72.3 Å². The molecule has 0 saturated carbocycles. The van der Waals surface area contributed by atoms with Crippen molar-refractivity contribution in [3.8, 4) is 11.1 Å². The van der Waals surface area contributed by atoms with Crippen molar-refractivity contribution in [3.63, 3.8) is 0 Å². The minimum atomic E-state index is -0.210. The summed E-state index contributed by atoms with van der Waals surface area (Å²) in [6.07, 6.45) is 4.53. The van der Waals surface area contributed by atoms with Crippen molar-refractivity contribution in [2.24, 2.45) is 0 Å². The number of carbonyl (C=O) groups is 1. The van der Waals surface area contributed by atoms with Gasteiger partial charge in [0.25, 0.3) is 0 Å². The maximum Gasteiger partial charge on any atom is 0.315 e. The van der Waals surface area contributed by atoms with Gasteiger partial charge in [0.2, 0.25) is 0 Å². The number of aryl methyl sites for hydroxylation is 3. The molecule has 1 saturated heterocycles. The van der Waals surface area contributed by atoms with Crippen LogP contribution in [0.4, 0.5) is 10.5 Å². The van der Waals surface area contributed by atoms with Crippen molar-refractivity contribution < 1.29 is 9.53 Å². The molecule has 0 bridgehead atoms. The van der Waals surface area contributed by atoms with Crippen LogP contribution in [-0.4, -0.2) is 84.1 Å². The van der Waals surface area contributed by atoms with Gasteiger partial charge in [-0.25, -0.2) is 14.5 Å². The molecular formula is C37H52N8O2. The van der Waals surface area contributed by atoms with Gasteiger partial charge >= 0.3 is 6.03 Å². The Kier molecular flexibility index (Phi) is 11.8. The number of anilines is 1. The molecule has 0 spiro atoms. The first kappa shape index (κ1) is 34.3. The highest BCUT2D eigenvalue weighted by Gasteiger charge is 2.22. The first-order chi connectivity index (χ1) is 22.7. The SMILES string of the molecule is CCc1nc2c(cnn2CC)c(NC2CCOCC2)c1CNC(=O)NCc1ccc(C)c(-c2cccc(CN(C)CCN(C)C)c2)c1. The number of nitrogens with zero attached hydrogens (tertiary/aromatic N) is 5. The van der Waals surface area contributed by atoms with E-state index >= 15 is 0 Å². The number of rotatable bonds is 14. The first-order valence-electron chi connectivity index (χ1n) is 17.0. The second kappa shape index (κ2) is 16.2. The molecule has 0 atom stereocenters. The Labute approximate surface area is 279 Å². The number of urea groups is 1. The van der Waals surface area contributed by atoms with Gasteiger partial charge in [-0.3, -0.25) is 0 Å². The van der Waals surface area contributed by atoms with Crippen LogP contribution >= 0.6 is 0 Å². The number of benzene rings is 2. The highest BCUT2D eigenvalue weighted by Crippen LogP contribution is 2.31. The number of amides is 2. The number of ether oxygens (including phenoxy) is 1. The molecule has 47 heavy (non-hydrogen) atoms. The summed E-state index contributed by atoms with van der Waals surface area (Å²) < 4.78 is 7.53. The molecule has 0 unspecified atom stereocenters. The minimum Gasteiger partial charge on any atom is -0.381 e. The summed E-state index contributed by atoms with van der Waals surface area (Å²) in [4.78, 5) is 22.7. The zero-order valence-corrected chi connectivity index (χ0v) is 29.0. The molecule has 4 aromatic rings. The van der Waals surface area contributed by atoms with Gasteiger partial charge in [-0.15, -0.1) is 0 Å². The second-order valence-corrected chi connectivity index (χ2v) is 12.9. The molecule has 0 radical (unpaired) electrons. The molecule has 2 amide bonds. The Bertz CT molecular complexity index is 1640. The molecule has 1 aliphatic rings. The van der Waals surface area contributed by atoms with Crippen LogP contribution in [0.5, 0.6) is 0 Å². The van der Waals surface area contributed by atoms with Crippen LogP contribution in [-0.2, 0) is 37.3 Å². The molecule has 10 heteroatoms. The maximum absolute atomic E-state index is 13.2. The van der Waals surface area contributed by atoms with E-state index in [9.17, 15) is 4.79 Å². The summed E-state index contributed by atoms with van der Waals surface area (Å²) in [6.45, 7) is 12.3. The highest BCUT2D eigenvalue weighted by atomic mass is 16.5. The molecule has 2 aromatic heterocycles. The third kappa shape index (κ3) is 8.88. The van der Waals surface area contributed by atoms with Crippen LogP contribution < -0.4 is 16.0 Å². The summed E-state index contributed by atoms with van der Waals surface area (Å²) in [6, 6.07) is 15.3. The normalized spacial score (nSPS) is 13.9. The van der Waals surface area contributed by atoms with Gasteiger partial charge in [0.15, 0.2) is 5.65 Å². The van der Waals surface area contributed by atoms with Crippen LogP contribution in [0, 0.1) is 6.92 Å². The summed E-state index contributed by atoms with van der Waals surface area (Å²) in [5.74, 6) is 0. The quantitative estimate of drug-likeness (QED) is 0.166. The van der Waals surface area contributed by atoms with E-state index in [-0.39, 0.29) is 6.03 Å². The number of hydrogen-bond donors (Lipinski definition) is 3. The lowest BCUT2D eigenvalue weighted by molar-refractivity contribution is 0.0904. The van der Waals surface area contributed by atoms with Gasteiger partial charge in [0, 0.05) is 69.8 Å². The Hall–Kier alpha value is -3.99. The Morgan fingerprint density at radius 3 is 2.53 bits per heavy atom. The molecule has 252 valence electrons. The lowest BCUT2D eigenvalue weighted by Crippen LogP contribution is -2.35. The zero-order valence-electron chi connectivity index (χ0n) is 29.0. The number of likely N-dealkylation sites (N-methyl/N-ethyl adjacent to an activating group) is 2. The van der Waals surface area contributed by atoms with E-state index in [0.717, 1.165) is 92.2 Å². The summed E-state index contributed by atoms with van der Waals surface area (Å²) in [5.41, 5.74) is 9.82. The topological polar surface area (TPSA) is 99.6 Å². The Morgan fingerprint density at radius 2 is 1.79 bits per heavy atom. The standard InChI is InChI=1S/C37H52N8O2/c1-7-34-32(35(41-30-14-18-47-19-15-30)33-24-40-45(8-2)36(33)42-34)23-39-37(46)38-22-27-13-12-26(3)31(21-27)29-11-9-10-28(20-29)25-44(6)17-16-43(4)5/h9-13,20-21,24,30H,7-8,14-19,22-23,25H2,1-6H3,(H,41,42)(H2,38,39,46). The molecule has 1 fully saturated rings. The van der Waals surface area contributed by atoms with Gasteiger partial charge in [-0.1, -0.05) is 37.3 Å². The van der Waals surface area contributed by atoms with Crippen molar-refractivity contribution in [1.29, 1.82) is 0 Å². The largest absolute Gasteiger partial charge is 0.381 e. The van der Waals surface area contributed by atoms with E-state index in [1.54, 1.807) is 0 Å². The number of aromatic nitrogens is 3. The number of pyridine rings is 1. The van der Waals surface area contributed by atoms with Crippen molar-refractivity contribution >= 4 is 22.8 Å². The lowest BCUT2D eigenvalue weighted by atomic mass is 9.96. The summed E-state index contributed by atoms with van der Waals surface area (Å²) >= 11 is 0. The zero-order chi connectivity index (χ0) is 33.3. The molecule has 2 aromatic carbocycles. The smallest absolute Gasteiger partial charge is 0.315 e. The third-order valence-corrected chi connectivity index (χ3v) is 8.98. The number of hydrogen-bond acceptors (Lipinski definition) is 7. The van der Waals surface area contributed by atoms with Crippen molar-refractivity contribution in [1.82, 2.24) is 35.2 Å². The molecule has 10 nitrogen and oxygen atoms in total. The maximum atomic E-state index is 13.2. The van der Waals surface area contributed by atoms with Gasteiger partial charge in [0.1, 0.15) is 0 Å². The average molecular weight is 641 g/mol. The van der Waals surface area contributed by atoms with Crippen molar-refractivity contribution in [2.75, 3.05) is 52.8 Å². The average Bonchev–Trinajstić information content (AvgIpc) is 3.49. The fourth-order valence-electron chi connectivity index (χ4n) is 6.20. The van der Waals surface area contributed by atoms with E-state index in [4.69, 9.17) is 9.72 Å². The van der Waals surface area contributed by atoms with E-state index in [1.807, 2.05) is 10.9 Å². The van der Waals surface area contributed by atoms with E-state index in [0.29, 0.717) is 19.1 Å². The number of carbonyl (C=O) groups excluding carboxylic acids is 1. The van der Waals surface area contributed by atoms with Crippen molar-refractivity contribution in [3.05, 3.63) is 76.6 Å². The fraction of sp³-hybridized carbons (Fsp3) is 0.486.